The summed E-state index contributed by atoms with van der Waals surface area (Å²) >= 11 is 0. The Labute approximate surface area is 123 Å². The van der Waals surface area contributed by atoms with Gasteiger partial charge < -0.3 is 9.63 Å². The molecule has 0 amide bonds. The van der Waals surface area contributed by atoms with Crippen molar-refractivity contribution in [2.24, 2.45) is 0 Å². The van der Waals surface area contributed by atoms with E-state index in [9.17, 15) is 13.2 Å². The number of carboxylic acids is 1. The molecule has 2 rings (SSSR count). The average molecular weight is 317 g/mol. The van der Waals surface area contributed by atoms with Crippen molar-refractivity contribution in [1.82, 2.24) is 15.0 Å². The highest BCUT2D eigenvalue weighted by atomic mass is 32.2. The number of carboxylic acid groups (broad SMARTS) is 1. The van der Waals surface area contributed by atoms with Crippen molar-refractivity contribution >= 4 is 15.8 Å². The predicted molar refractivity (Wildman–Crippen MR) is 73.4 cm³/mol. The van der Waals surface area contributed by atoms with E-state index < -0.39 is 15.8 Å². The molecule has 0 radical (unpaired) electrons. The van der Waals surface area contributed by atoms with Crippen molar-refractivity contribution in [1.29, 1.82) is 0 Å². The summed E-state index contributed by atoms with van der Waals surface area (Å²) in [6.07, 6.45) is 2.02. The van der Waals surface area contributed by atoms with Crippen LogP contribution in [-0.2, 0) is 27.6 Å². The van der Waals surface area contributed by atoms with E-state index >= 15 is 0 Å². The number of hydrogen-bond acceptors (Lipinski definition) is 7. The van der Waals surface area contributed by atoms with Gasteiger partial charge in [0.25, 0.3) is 0 Å². The molecule has 1 atom stereocenters. The molecule has 0 saturated carbocycles. The van der Waals surface area contributed by atoms with Crippen molar-refractivity contribution in [3.05, 3.63) is 11.7 Å². The van der Waals surface area contributed by atoms with Crippen LogP contribution in [0.25, 0.3) is 0 Å². The molecule has 1 N–H and O–H groups in total. The molecular weight excluding hydrogens is 298 g/mol. The maximum Gasteiger partial charge on any atom is 0.317 e. The SMILES string of the molecule is CCCc1noc(CN(CC(=O)O)C2CCS(=O)(=O)C2)n1. The highest BCUT2D eigenvalue weighted by Crippen LogP contribution is 2.19. The molecule has 21 heavy (non-hydrogen) atoms. The molecule has 1 saturated heterocycles. The molecule has 0 spiro atoms. The van der Waals surface area contributed by atoms with Gasteiger partial charge >= 0.3 is 5.97 Å². The first-order valence-corrected chi connectivity index (χ1v) is 8.69. The van der Waals surface area contributed by atoms with E-state index in [1.807, 2.05) is 6.92 Å². The minimum atomic E-state index is -3.07. The lowest BCUT2D eigenvalue weighted by Gasteiger charge is -2.24. The summed E-state index contributed by atoms with van der Waals surface area (Å²) in [5, 5.41) is 12.8. The highest BCUT2D eigenvalue weighted by molar-refractivity contribution is 7.91. The van der Waals surface area contributed by atoms with Gasteiger partial charge in [0, 0.05) is 12.5 Å². The number of hydrogen-bond donors (Lipinski definition) is 1. The lowest BCUT2D eigenvalue weighted by atomic mass is 10.2. The Morgan fingerprint density at radius 2 is 2.29 bits per heavy atom. The lowest BCUT2D eigenvalue weighted by Crippen LogP contribution is -2.39. The van der Waals surface area contributed by atoms with E-state index in [0.717, 1.165) is 6.42 Å². The second-order valence-electron chi connectivity index (χ2n) is 5.21. The Kier molecular flexibility index (Phi) is 4.94. The molecule has 1 aliphatic rings. The van der Waals surface area contributed by atoms with Crippen LogP contribution in [0.2, 0.25) is 0 Å². The van der Waals surface area contributed by atoms with Crippen LogP contribution in [0.5, 0.6) is 0 Å². The van der Waals surface area contributed by atoms with Gasteiger partial charge in [0.05, 0.1) is 24.6 Å². The Bertz CT molecular complexity index is 598. The summed E-state index contributed by atoms with van der Waals surface area (Å²) in [6.45, 7) is 1.91. The molecule has 1 aliphatic heterocycles. The number of carbonyl (C=O) groups is 1. The molecule has 2 heterocycles. The molecule has 0 aliphatic carbocycles. The fraction of sp³-hybridized carbons (Fsp3) is 0.750. The van der Waals surface area contributed by atoms with Crippen molar-refractivity contribution in [3.8, 4) is 0 Å². The summed E-state index contributed by atoms with van der Waals surface area (Å²) in [6, 6.07) is -0.312. The van der Waals surface area contributed by atoms with E-state index in [4.69, 9.17) is 9.63 Å². The Balaban J connectivity index is 2.07. The summed E-state index contributed by atoms with van der Waals surface area (Å²) in [4.78, 5) is 16.7. The fourth-order valence-corrected chi connectivity index (χ4v) is 4.17. The van der Waals surface area contributed by atoms with Crippen LogP contribution in [0.4, 0.5) is 0 Å². The van der Waals surface area contributed by atoms with E-state index in [1.54, 1.807) is 4.90 Å². The third kappa shape index (κ3) is 4.50. The molecule has 118 valence electrons. The van der Waals surface area contributed by atoms with E-state index in [2.05, 4.69) is 10.1 Å². The lowest BCUT2D eigenvalue weighted by molar-refractivity contribution is -0.139. The number of sulfone groups is 1. The topological polar surface area (TPSA) is 114 Å². The van der Waals surface area contributed by atoms with Gasteiger partial charge in [-0.2, -0.15) is 4.98 Å². The van der Waals surface area contributed by atoms with E-state index in [0.29, 0.717) is 24.6 Å². The maximum atomic E-state index is 11.5. The molecule has 9 heteroatoms. The van der Waals surface area contributed by atoms with Crippen molar-refractivity contribution in [3.63, 3.8) is 0 Å². The minimum absolute atomic E-state index is 0.0176. The third-order valence-electron chi connectivity index (χ3n) is 3.39. The Morgan fingerprint density at radius 3 is 2.86 bits per heavy atom. The van der Waals surface area contributed by atoms with Crippen LogP contribution < -0.4 is 0 Å². The van der Waals surface area contributed by atoms with Crippen LogP contribution in [0.15, 0.2) is 4.52 Å². The monoisotopic (exact) mass is 317 g/mol. The summed E-state index contributed by atoms with van der Waals surface area (Å²) in [7, 11) is -3.07. The predicted octanol–water partition coefficient (Wildman–Crippen LogP) is 0.0958. The van der Waals surface area contributed by atoms with Crippen LogP contribution in [0.3, 0.4) is 0 Å². The second kappa shape index (κ2) is 6.52. The number of nitrogens with zero attached hydrogens (tertiary/aromatic N) is 3. The second-order valence-corrected chi connectivity index (χ2v) is 7.44. The molecule has 1 aromatic heterocycles. The zero-order chi connectivity index (χ0) is 15.5. The first-order chi connectivity index (χ1) is 9.89. The molecule has 0 bridgehead atoms. The molecule has 8 nitrogen and oxygen atoms in total. The molecule has 1 unspecified atom stereocenters. The first kappa shape index (κ1) is 15.9. The number of aliphatic carboxylic acids is 1. The summed E-state index contributed by atoms with van der Waals surface area (Å²) < 4.78 is 28.2. The van der Waals surface area contributed by atoms with Crippen molar-refractivity contribution in [2.45, 2.75) is 38.8 Å². The molecule has 1 fully saturated rings. The van der Waals surface area contributed by atoms with Gasteiger partial charge in [-0.3, -0.25) is 9.69 Å². The number of aryl methyl sites for hydroxylation is 1. The Morgan fingerprint density at radius 1 is 1.52 bits per heavy atom. The van der Waals surface area contributed by atoms with Gasteiger partial charge in [0.1, 0.15) is 0 Å². The van der Waals surface area contributed by atoms with Crippen LogP contribution in [-0.4, -0.2) is 58.6 Å². The van der Waals surface area contributed by atoms with Gasteiger partial charge in [-0.05, 0) is 12.8 Å². The third-order valence-corrected chi connectivity index (χ3v) is 5.14. The summed E-state index contributed by atoms with van der Waals surface area (Å²) in [5.41, 5.74) is 0. The van der Waals surface area contributed by atoms with E-state index in [1.165, 1.54) is 0 Å². The average Bonchev–Trinajstić information content (AvgIpc) is 2.95. The smallest absolute Gasteiger partial charge is 0.317 e. The molecule has 1 aromatic rings. The zero-order valence-corrected chi connectivity index (χ0v) is 12.7. The molecule has 0 aromatic carbocycles. The van der Waals surface area contributed by atoms with Gasteiger partial charge in [0.2, 0.25) is 5.89 Å². The van der Waals surface area contributed by atoms with Crippen LogP contribution in [0, 0.1) is 0 Å². The zero-order valence-electron chi connectivity index (χ0n) is 11.9. The normalized spacial score (nSPS) is 21.0. The number of aromatic nitrogens is 2. The van der Waals surface area contributed by atoms with E-state index in [-0.39, 0.29) is 30.6 Å². The fourth-order valence-electron chi connectivity index (χ4n) is 2.40. The Hall–Kier alpha value is -1.48. The number of rotatable bonds is 7. The van der Waals surface area contributed by atoms with Gasteiger partial charge in [0.15, 0.2) is 15.7 Å². The maximum absolute atomic E-state index is 11.5. The van der Waals surface area contributed by atoms with Crippen molar-refractivity contribution in [2.75, 3.05) is 18.1 Å². The van der Waals surface area contributed by atoms with Gasteiger partial charge in [-0.15, -0.1) is 0 Å². The van der Waals surface area contributed by atoms with Crippen LogP contribution in [0.1, 0.15) is 31.5 Å². The largest absolute Gasteiger partial charge is 0.480 e. The van der Waals surface area contributed by atoms with Crippen molar-refractivity contribution < 1.29 is 22.8 Å². The highest BCUT2D eigenvalue weighted by Gasteiger charge is 2.33. The van der Waals surface area contributed by atoms with Gasteiger partial charge in [-0.1, -0.05) is 12.1 Å². The standard InChI is InChI=1S/C12H19N3O5S/c1-2-3-10-13-11(20-14-10)6-15(7-12(16)17)9-4-5-21(18,19)8-9/h9H,2-8H2,1H3,(H,16,17). The van der Waals surface area contributed by atoms with Gasteiger partial charge in [-0.25, -0.2) is 8.42 Å². The quantitative estimate of drug-likeness (QED) is 0.753. The van der Waals surface area contributed by atoms with Crippen LogP contribution >= 0.6 is 0 Å². The minimum Gasteiger partial charge on any atom is -0.480 e. The summed E-state index contributed by atoms with van der Waals surface area (Å²) in [5.74, 6) is -0.0204. The molecular formula is C12H19N3O5S. The first-order valence-electron chi connectivity index (χ1n) is 6.87.